The first kappa shape index (κ1) is 16.3. The lowest BCUT2D eigenvalue weighted by Crippen LogP contribution is -2.41. The minimum atomic E-state index is -1.30. The number of amides is 1. The number of carbonyl (C=O) groups is 3. The molecule has 1 rings (SSSR count). The van der Waals surface area contributed by atoms with E-state index in [2.05, 4.69) is 0 Å². The van der Waals surface area contributed by atoms with E-state index in [9.17, 15) is 14.4 Å². The van der Waals surface area contributed by atoms with Gasteiger partial charge in [0.15, 0.2) is 18.1 Å². The quantitative estimate of drug-likeness (QED) is 0.698. The van der Waals surface area contributed by atoms with Gasteiger partial charge >= 0.3 is 11.9 Å². The number of hydrogen-bond acceptors (Lipinski definition) is 5. The van der Waals surface area contributed by atoms with Crippen molar-refractivity contribution in [2.45, 2.75) is 0 Å². The van der Waals surface area contributed by atoms with Crippen LogP contribution in [0, 0.1) is 0 Å². The van der Waals surface area contributed by atoms with E-state index >= 15 is 0 Å². The molecule has 0 aliphatic rings. The largest absolute Gasteiger partial charge is 0.493 e. The number of hydrogen-bond donors (Lipinski definition) is 2. The van der Waals surface area contributed by atoms with Gasteiger partial charge in [-0.1, -0.05) is 12.1 Å². The highest BCUT2D eigenvalue weighted by molar-refractivity contribution is 5.86. The number of para-hydroxylation sites is 2. The number of benzene rings is 1. The molecule has 0 atom stereocenters. The zero-order valence-corrected chi connectivity index (χ0v) is 11.3. The lowest BCUT2D eigenvalue weighted by atomic mass is 10.3. The van der Waals surface area contributed by atoms with Crippen LogP contribution in [0.3, 0.4) is 0 Å². The van der Waals surface area contributed by atoms with Crippen molar-refractivity contribution in [1.29, 1.82) is 0 Å². The van der Waals surface area contributed by atoms with E-state index in [1.165, 1.54) is 7.11 Å². The number of nitrogens with zero attached hydrogens (tertiary/aromatic N) is 1. The first-order valence-electron chi connectivity index (χ1n) is 5.91. The average Bonchev–Trinajstić information content (AvgIpc) is 2.43. The second kappa shape index (κ2) is 7.73. The Hall–Kier alpha value is -2.77. The topological polar surface area (TPSA) is 113 Å². The van der Waals surface area contributed by atoms with Crippen molar-refractivity contribution in [1.82, 2.24) is 4.90 Å². The fraction of sp³-hybridized carbons (Fsp3) is 0.308. The van der Waals surface area contributed by atoms with Crippen LogP contribution in [0.4, 0.5) is 0 Å². The first-order valence-corrected chi connectivity index (χ1v) is 5.91. The zero-order valence-electron chi connectivity index (χ0n) is 11.3. The van der Waals surface area contributed by atoms with Crippen LogP contribution in [0.2, 0.25) is 0 Å². The van der Waals surface area contributed by atoms with E-state index in [4.69, 9.17) is 19.7 Å². The predicted molar refractivity (Wildman–Crippen MR) is 70.3 cm³/mol. The molecule has 21 heavy (non-hydrogen) atoms. The van der Waals surface area contributed by atoms with E-state index < -0.39 is 37.5 Å². The molecule has 2 N–H and O–H groups in total. The normalized spacial score (nSPS) is 9.76. The maximum absolute atomic E-state index is 11.8. The molecule has 0 saturated carbocycles. The van der Waals surface area contributed by atoms with Gasteiger partial charge in [0.05, 0.1) is 7.11 Å². The van der Waals surface area contributed by atoms with E-state index in [0.29, 0.717) is 16.4 Å². The summed E-state index contributed by atoms with van der Waals surface area (Å²) < 4.78 is 10.3. The standard InChI is InChI=1S/C13H15NO7/c1-20-9-4-2-3-5-10(9)21-8-11(15)14(6-12(16)17)7-13(18)19/h2-5H,6-8H2,1H3,(H,16,17)(H,18,19). The molecular formula is C13H15NO7. The van der Waals surface area contributed by atoms with Gasteiger partial charge < -0.3 is 24.6 Å². The van der Waals surface area contributed by atoms with Gasteiger partial charge in [-0.25, -0.2) is 0 Å². The third-order valence-corrected chi connectivity index (χ3v) is 2.43. The van der Waals surface area contributed by atoms with Gasteiger partial charge in [-0.15, -0.1) is 0 Å². The van der Waals surface area contributed by atoms with Crippen molar-refractivity contribution < 1.29 is 34.1 Å². The number of ether oxygens (including phenoxy) is 2. The first-order chi connectivity index (χ1) is 9.93. The molecular weight excluding hydrogens is 282 g/mol. The van der Waals surface area contributed by atoms with Crippen molar-refractivity contribution in [2.75, 3.05) is 26.8 Å². The Kier molecular flexibility index (Phi) is 5.99. The SMILES string of the molecule is COc1ccccc1OCC(=O)N(CC(=O)O)CC(=O)O. The van der Waals surface area contributed by atoms with Crippen molar-refractivity contribution in [3.05, 3.63) is 24.3 Å². The van der Waals surface area contributed by atoms with E-state index in [-0.39, 0.29) is 0 Å². The lowest BCUT2D eigenvalue weighted by molar-refractivity contribution is -0.150. The average molecular weight is 297 g/mol. The summed E-state index contributed by atoms with van der Waals surface area (Å²) in [6.07, 6.45) is 0. The van der Waals surface area contributed by atoms with Crippen molar-refractivity contribution in [3.8, 4) is 11.5 Å². The molecule has 114 valence electrons. The smallest absolute Gasteiger partial charge is 0.323 e. The van der Waals surface area contributed by atoms with Crippen LogP contribution in [-0.2, 0) is 14.4 Å². The minimum absolute atomic E-state index is 0.305. The molecule has 1 aromatic rings. The summed E-state index contributed by atoms with van der Waals surface area (Å²) in [6.45, 7) is -1.90. The molecule has 0 aliphatic heterocycles. The van der Waals surface area contributed by atoms with Gasteiger partial charge in [0.25, 0.3) is 5.91 Å². The van der Waals surface area contributed by atoms with E-state index in [1.54, 1.807) is 24.3 Å². The van der Waals surface area contributed by atoms with Crippen LogP contribution in [0.1, 0.15) is 0 Å². The molecule has 0 heterocycles. The fourth-order valence-corrected chi connectivity index (χ4v) is 1.53. The maximum Gasteiger partial charge on any atom is 0.323 e. The number of carbonyl (C=O) groups excluding carboxylic acids is 1. The van der Waals surface area contributed by atoms with Gasteiger partial charge in [-0.3, -0.25) is 14.4 Å². The third-order valence-electron chi connectivity index (χ3n) is 2.43. The summed E-state index contributed by atoms with van der Waals surface area (Å²) >= 11 is 0. The molecule has 0 aromatic heterocycles. The molecule has 0 spiro atoms. The van der Waals surface area contributed by atoms with Gasteiger partial charge in [0.1, 0.15) is 13.1 Å². The molecule has 8 heteroatoms. The zero-order chi connectivity index (χ0) is 15.8. The maximum atomic E-state index is 11.8. The highest BCUT2D eigenvalue weighted by atomic mass is 16.5. The number of carboxylic acid groups (broad SMARTS) is 2. The van der Waals surface area contributed by atoms with Crippen LogP contribution < -0.4 is 9.47 Å². The minimum Gasteiger partial charge on any atom is -0.493 e. The van der Waals surface area contributed by atoms with Crippen LogP contribution in [-0.4, -0.2) is 59.8 Å². The summed E-state index contributed by atoms with van der Waals surface area (Å²) in [5, 5.41) is 17.3. The summed E-state index contributed by atoms with van der Waals surface area (Å²) in [5.41, 5.74) is 0. The highest BCUT2D eigenvalue weighted by Crippen LogP contribution is 2.25. The molecule has 0 bridgehead atoms. The van der Waals surface area contributed by atoms with Crippen LogP contribution >= 0.6 is 0 Å². The molecule has 1 aromatic carbocycles. The molecule has 0 fully saturated rings. The Bertz CT molecular complexity index is 513. The number of methoxy groups -OCH3 is 1. The number of rotatable bonds is 8. The van der Waals surface area contributed by atoms with Crippen molar-refractivity contribution in [2.24, 2.45) is 0 Å². The van der Waals surface area contributed by atoms with Crippen molar-refractivity contribution in [3.63, 3.8) is 0 Å². The van der Waals surface area contributed by atoms with Gasteiger partial charge in [0, 0.05) is 0 Å². The van der Waals surface area contributed by atoms with Crippen LogP contribution in [0.25, 0.3) is 0 Å². The van der Waals surface area contributed by atoms with Gasteiger partial charge in [0.2, 0.25) is 0 Å². The molecule has 8 nitrogen and oxygen atoms in total. The van der Waals surface area contributed by atoms with E-state index in [0.717, 1.165) is 0 Å². The highest BCUT2D eigenvalue weighted by Gasteiger charge is 2.20. The van der Waals surface area contributed by atoms with Crippen LogP contribution in [0.5, 0.6) is 11.5 Å². The Balaban J connectivity index is 2.68. The lowest BCUT2D eigenvalue weighted by Gasteiger charge is -2.19. The Morgan fingerprint density at radius 2 is 1.57 bits per heavy atom. The Labute approximate surface area is 120 Å². The molecule has 0 radical (unpaired) electrons. The van der Waals surface area contributed by atoms with Crippen LogP contribution in [0.15, 0.2) is 24.3 Å². The third kappa shape index (κ3) is 5.39. The van der Waals surface area contributed by atoms with E-state index in [1.807, 2.05) is 0 Å². The molecule has 0 unspecified atom stereocenters. The molecule has 0 saturated heterocycles. The molecule has 0 aliphatic carbocycles. The fourth-order valence-electron chi connectivity index (χ4n) is 1.53. The second-order valence-electron chi connectivity index (χ2n) is 3.98. The second-order valence-corrected chi connectivity index (χ2v) is 3.98. The van der Waals surface area contributed by atoms with Gasteiger partial charge in [-0.05, 0) is 12.1 Å². The predicted octanol–water partition coefficient (Wildman–Crippen LogP) is 0.0718. The number of aliphatic carboxylic acids is 2. The summed E-state index contributed by atoms with van der Waals surface area (Å²) in [4.78, 5) is 33.7. The number of carboxylic acids is 2. The van der Waals surface area contributed by atoms with Gasteiger partial charge in [-0.2, -0.15) is 0 Å². The monoisotopic (exact) mass is 297 g/mol. The Morgan fingerprint density at radius 3 is 2.05 bits per heavy atom. The summed E-state index contributed by atoms with van der Waals surface area (Å²) in [5.74, 6) is -2.64. The summed E-state index contributed by atoms with van der Waals surface area (Å²) in [7, 11) is 1.44. The molecule has 1 amide bonds. The van der Waals surface area contributed by atoms with Crippen molar-refractivity contribution >= 4 is 17.8 Å². The Morgan fingerprint density at radius 1 is 1.05 bits per heavy atom. The summed E-state index contributed by atoms with van der Waals surface area (Å²) in [6, 6.07) is 6.60.